The average Bonchev–Trinajstić information content (AvgIpc) is 3.02. The van der Waals surface area contributed by atoms with Crippen molar-refractivity contribution < 1.29 is 4.79 Å². The number of carbonyl (C=O) groups is 1. The van der Waals surface area contributed by atoms with E-state index >= 15 is 0 Å². The van der Waals surface area contributed by atoms with Crippen LogP contribution in [0, 0.1) is 0 Å². The Kier molecular flexibility index (Phi) is 3.57. The molecule has 0 aromatic heterocycles. The van der Waals surface area contributed by atoms with Crippen molar-refractivity contribution in [2.45, 2.75) is 63.1 Å². The summed E-state index contributed by atoms with van der Waals surface area (Å²) in [7, 11) is 0. The van der Waals surface area contributed by atoms with Gasteiger partial charge in [0.05, 0.1) is 6.04 Å². The molecular formula is C14H25N3O. The fraction of sp³-hybridized carbons (Fsp3) is 0.929. The van der Waals surface area contributed by atoms with Crippen molar-refractivity contribution in [2.24, 2.45) is 5.73 Å². The zero-order chi connectivity index (χ0) is 12.5. The third-order valence-electron chi connectivity index (χ3n) is 5.06. The van der Waals surface area contributed by atoms with Crippen LogP contribution in [0.15, 0.2) is 0 Å². The smallest absolute Gasteiger partial charge is 0.239 e. The molecule has 3 fully saturated rings. The standard InChI is InChI=1S/C14H25N3O/c15-13-7-10-17(14(13)18)12-5-8-16(9-6-12)11-3-1-2-4-11/h11-13H,1-10,15H2. The van der Waals surface area contributed by atoms with Crippen molar-refractivity contribution in [3.63, 3.8) is 0 Å². The van der Waals surface area contributed by atoms with E-state index in [0.717, 1.165) is 31.8 Å². The maximum Gasteiger partial charge on any atom is 0.239 e. The molecule has 4 heteroatoms. The minimum Gasteiger partial charge on any atom is -0.338 e. The molecule has 0 radical (unpaired) electrons. The fourth-order valence-electron chi connectivity index (χ4n) is 3.92. The highest BCUT2D eigenvalue weighted by Gasteiger charge is 2.36. The zero-order valence-electron chi connectivity index (χ0n) is 11.2. The maximum atomic E-state index is 11.9. The Morgan fingerprint density at radius 2 is 1.56 bits per heavy atom. The number of piperidine rings is 1. The van der Waals surface area contributed by atoms with Crippen LogP contribution in [0.2, 0.25) is 0 Å². The molecule has 1 unspecified atom stereocenters. The number of hydrogen-bond donors (Lipinski definition) is 1. The second-order valence-electron chi connectivity index (χ2n) is 6.13. The number of carbonyl (C=O) groups excluding carboxylic acids is 1. The van der Waals surface area contributed by atoms with Gasteiger partial charge in [-0.15, -0.1) is 0 Å². The minimum absolute atomic E-state index is 0.189. The topological polar surface area (TPSA) is 49.6 Å². The summed E-state index contributed by atoms with van der Waals surface area (Å²) in [5.41, 5.74) is 5.80. The molecule has 0 aromatic carbocycles. The van der Waals surface area contributed by atoms with E-state index in [4.69, 9.17) is 5.73 Å². The van der Waals surface area contributed by atoms with Gasteiger partial charge in [0.1, 0.15) is 0 Å². The van der Waals surface area contributed by atoms with Crippen molar-refractivity contribution in [2.75, 3.05) is 19.6 Å². The molecular weight excluding hydrogens is 226 g/mol. The first kappa shape index (κ1) is 12.4. The zero-order valence-corrected chi connectivity index (χ0v) is 11.2. The Balaban J connectivity index is 1.52. The quantitative estimate of drug-likeness (QED) is 0.795. The van der Waals surface area contributed by atoms with E-state index in [1.54, 1.807) is 0 Å². The molecule has 3 rings (SSSR count). The number of hydrogen-bond acceptors (Lipinski definition) is 3. The second kappa shape index (κ2) is 5.17. The summed E-state index contributed by atoms with van der Waals surface area (Å²) >= 11 is 0. The fourth-order valence-corrected chi connectivity index (χ4v) is 3.92. The molecule has 0 bridgehead atoms. The van der Waals surface area contributed by atoms with Gasteiger partial charge in [0.2, 0.25) is 5.91 Å². The maximum absolute atomic E-state index is 11.9. The second-order valence-corrected chi connectivity index (χ2v) is 6.13. The van der Waals surface area contributed by atoms with Gasteiger partial charge in [0, 0.05) is 31.7 Å². The highest BCUT2D eigenvalue weighted by Crippen LogP contribution is 2.28. The molecule has 2 aliphatic heterocycles. The van der Waals surface area contributed by atoms with Crippen LogP contribution in [0.4, 0.5) is 0 Å². The van der Waals surface area contributed by atoms with Gasteiger partial charge in [0.15, 0.2) is 0 Å². The molecule has 0 spiro atoms. The van der Waals surface area contributed by atoms with Gasteiger partial charge in [-0.25, -0.2) is 0 Å². The summed E-state index contributed by atoms with van der Waals surface area (Å²) in [6.07, 6.45) is 8.73. The number of nitrogens with zero attached hydrogens (tertiary/aromatic N) is 2. The Labute approximate surface area is 109 Å². The van der Waals surface area contributed by atoms with Crippen LogP contribution in [0.3, 0.4) is 0 Å². The van der Waals surface area contributed by atoms with Crippen LogP contribution in [-0.4, -0.2) is 53.5 Å². The lowest BCUT2D eigenvalue weighted by Crippen LogP contribution is -2.49. The first-order valence-corrected chi connectivity index (χ1v) is 7.56. The Morgan fingerprint density at radius 1 is 0.889 bits per heavy atom. The summed E-state index contributed by atoms with van der Waals surface area (Å²) in [4.78, 5) is 16.6. The third kappa shape index (κ3) is 2.28. The van der Waals surface area contributed by atoms with Gasteiger partial charge in [0.25, 0.3) is 0 Å². The van der Waals surface area contributed by atoms with E-state index in [2.05, 4.69) is 9.80 Å². The van der Waals surface area contributed by atoms with Crippen LogP contribution in [-0.2, 0) is 4.79 Å². The molecule has 18 heavy (non-hydrogen) atoms. The van der Waals surface area contributed by atoms with Crippen LogP contribution in [0.25, 0.3) is 0 Å². The van der Waals surface area contributed by atoms with Crippen LogP contribution < -0.4 is 5.73 Å². The predicted octanol–water partition coefficient (Wildman–Crippen LogP) is 0.953. The lowest BCUT2D eigenvalue weighted by molar-refractivity contribution is -0.131. The molecule has 102 valence electrons. The van der Waals surface area contributed by atoms with Crippen molar-refractivity contribution in [3.8, 4) is 0 Å². The summed E-state index contributed by atoms with van der Waals surface area (Å²) in [5.74, 6) is 0.189. The minimum atomic E-state index is -0.224. The number of nitrogens with two attached hydrogens (primary N) is 1. The van der Waals surface area contributed by atoms with Gasteiger partial charge in [-0.2, -0.15) is 0 Å². The summed E-state index contributed by atoms with van der Waals surface area (Å²) in [5, 5.41) is 0. The van der Waals surface area contributed by atoms with Crippen LogP contribution in [0.1, 0.15) is 44.9 Å². The number of likely N-dealkylation sites (tertiary alicyclic amines) is 2. The van der Waals surface area contributed by atoms with Crippen LogP contribution >= 0.6 is 0 Å². The van der Waals surface area contributed by atoms with E-state index in [1.807, 2.05) is 0 Å². The molecule has 4 nitrogen and oxygen atoms in total. The van der Waals surface area contributed by atoms with E-state index in [0.29, 0.717) is 6.04 Å². The van der Waals surface area contributed by atoms with Crippen molar-refractivity contribution in [1.29, 1.82) is 0 Å². The first-order chi connectivity index (χ1) is 8.75. The molecule has 2 N–H and O–H groups in total. The summed E-state index contributed by atoms with van der Waals surface area (Å²) in [6.45, 7) is 3.23. The molecule has 2 saturated heterocycles. The molecule has 1 aliphatic carbocycles. The van der Waals surface area contributed by atoms with Crippen LogP contribution in [0.5, 0.6) is 0 Å². The van der Waals surface area contributed by atoms with E-state index < -0.39 is 0 Å². The van der Waals surface area contributed by atoms with E-state index in [1.165, 1.54) is 38.8 Å². The predicted molar refractivity (Wildman–Crippen MR) is 71.2 cm³/mol. The largest absolute Gasteiger partial charge is 0.338 e. The van der Waals surface area contributed by atoms with Gasteiger partial charge >= 0.3 is 0 Å². The summed E-state index contributed by atoms with van der Waals surface area (Å²) in [6, 6.07) is 1.07. The number of amides is 1. The Bertz CT molecular complexity index is 306. The van der Waals surface area contributed by atoms with Crippen molar-refractivity contribution >= 4 is 5.91 Å². The van der Waals surface area contributed by atoms with E-state index in [-0.39, 0.29) is 11.9 Å². The highest BCUT2D eigenvalue weighted by molar-refractivity contribution is 5.84. The van der Waals surface area contributed by atoms with Gasteiger partial charge in [-0.05, 0) is 32.1 Å². The molecule has 1 amide bonds. The van der Waals surface area contributed by atoms with E-state index in [9.17, 15) is 4.79 Å². The lowest BCUT2D eigenvalue weighted by Gasteiger charge is -2.39. The van der Waals surface area contributed by atoms with Gasteiger partial charge in [-0.1, -0.05) is 12.8 Å². The average molecular weight is 251 g/mol. The van der Waals surface area contributed by atoms with Gasteiger partial charge < -0.3 is 15.5 Å². The van der Waals surface area contributed by atoms with Gasteiger partial charge in [-0.3, -0.25) is 4.79 Å². The first-order valence-electron chi connectivity index (χ1n) is 7.56. The molecule has 3 aliphatic rings. The molecule has 2 heterocycles. The number of rotatable bonds is 2. The Morgan fingerprint density at radius 3 is 2.11 bits per heavy atom. The Hall–Kier alpha value is -0.610. The normalized spacial score (nSPS) is 32.6. The molecule has 0 aromatic rings. The SMILES string of the molecule is NC1CCN(C2CCN(C3CCCC3)CC2)C1=O. The summed E-state index contributed by atoms with van der Waals surface area (Å²) < 4.78 is 0. The monoisotopic (exact) mass is 251 g/mol. The third-order valence-corrected chi connectivity index (χ3v) is 5.06. The molecule has 1 saturated carbocycles. The van der Waals surface area contributed by atoms with Crippen molar-refractivity contribution in [3.05, 3.63) is 0 Å². The lowest BCUT2D eigenvalue weighted by atomic mass is 10.0. The highest BCUT2D eigenvalue weighted by atomic mass is 16.2. The van der Waals surface area contributed by atoms with Crippen molar-refractivity contribution in [1.82, 2.24) is 9.80 Å². The molecule has 1 atom stereocenters.